The van der Waals surface area contributed by atoms with Crippen LogP contribution in [0.2, 0.25) is 0 Å². The maximum absolute atomic E-state index is 5.63. The minimum atomic E-state index is 1.03. The van der Waals surface area contributed by atoms with Gasteiger partial charge < -0.3 is 4.42 Å². The van der Waals surface area contributed by atoms with E-state index in [1.165, 1.54) is 14.3 Å². The number of hydrogen-bond donors (Lipinski definition) is 0. The van der Waals surface area contributed by atoms with Crippen LogP contribution in [0.3, 0.4) is 0 Å². The fraction of sp³-hybridized carbons (Fsp3) is 0.111. The molecule has 3 heteroatoms. The van der Waals surface area contributed by atoms with Gasteiger partial charge >= 0.3 is 0 Å². The summed E-state index contributed by atoms with van der Waals surface area (Å²) in [5.41, 5.74) is 2.07. The van der Waals surface area contributed by atoms with Crippen molar-refractivity contribution in [3.63, 3.8) is 0 Å². The third kappa shape index (κ3) is 0.726. The molecule has 0 spiro atoms. The molecule has 0 fully saturated rings. The lowest BCUT2D eigenvalue weighted by Gasteiger charge is -1.74. The quantitative estimate of drug-likeness (QED) is 0.527. The summed E-state index contributed by atoms with van der Waals surface area (Å²) in [6.07, 6.45) is 0. The molecular weight excluding hydrogens is 188 g/mol. The van der Waals surface area contributed by atoms with E-state index in [1.807, 2.05) is 17.4 Å². The zero-order valence-corrected chi connectivity index (χ0v) is 8.09. The lowest BCUT2D eigenvalue weighted by atomic mass is 10.4. The molecule has 0 aliphatic rings. The van der Waals surface area contributed by atoms with Gasteiger partial charge in [0.25, 0.3) is 0 Å². The van der Waals surface area contributed by atoms with Crippen LogP contribution in [0, 0.1) is 6.92 Å². The topological polar surface area (TPSA) is 13.1 Å². The highest BCUT2D eigenvalue weighted by Gasteiger charge is 2.09. The molecule has 0 atom stereocenters. The summed E-state index contributed by atoms with van der Waals surface area (Å²) in [6, 6.07) is 4.13. The molecule has 12 heavy (non-hydrogen) atoms. The largest absolute Gasteiger partial charge is 0.454 e. The first kappa shape index (κ1) is 6.69. The highest BCUT2D eigenvalue weighted by molar-refractivity contribution is 7.26. The molecule has 3 aromatic rings. The molecule has 0 amide bonds. The van der Waals surface area contributed by atoms with Gasteiger partial charge in [0.2, 0.25) is 0 Å². The molecule has 3 rings (SSSR count). The number of furan rings is 1. The Bertz CT molecular complexity index is 541. The van der Waals surface area contributed by atoms with Crippen molar-refractivity contribution in [2.75, 3.05) is 0 Å². The van der Waals surface area contributed by atoms with Crippen LogP contribution >= 0.6 is 22.7 Å². The van der Waals surface area contributed by atoms with Gasteiger partial charge in [-0.2, -0.15) is 0 Å². The van der Waals surface area contributed by atoms with Crippen LogP contribution in [-0.2, 0) is 0 Å². The van der Waals surface area contributed by atoms with Crippen molar-refractivity contribution >= 4 is 43.2 Å². The Morgan fingerprint density at radius 1 is 1.25 bits per heavy atom. The Balaban J connectivity index is 2.64. The molecule has 0 aliphatic carbocycles. The number of thiophene rings is 2. The lowest BCUT2D eigenvalue weighted by molar-refractivity contribution is 0.670. The highest BCUT2D eigenvalue weighted by Crippen LogP contribution is 2.37. The zero-order chi connectivity index (χ0) is 8.13. The second-order valence-electron chi connectivity index (χ2n) is 2.77. The molecule has 3 heterocycles. The van der Waals surface area contributed by atoms with Gasteiger partial charge in [0.05, 0.1) is 9.40 Å². The first-order valence-corrected chi connectivity index (χ1v) is 5.40. The van der Waals surface area contributed by atoms with Crippen LogP contribution in [0.15, 0.2) is 21.9 Å². The third-order valence-electron chi connectivity index (χ3n) is 1.88. The molecule has 0 N–H and O–H groups in total. The Kier molecular flexibility index (Phi) is 1.18. The van der Waals surface area contributed by atoms with Gasteiger partial charge in [-0.05, 0) is 24.4 Å². The summed E-state index contributed by atoms with van der Waals surface area (Å²) >= 11 is 3.56. The first-order chi connectivity index (χ1) is 5.84. The monoisotopic (exact) mass is 194 g/mol. The molecule has 0 radical (unpaired) electrons. The molecule has 3 aromatic heterocycles. The van der Waals surface area contributed by atoms with E-state index < -0.39 is 0 Å². The van der Waals surface area contributed by atoms with E-state index in [9.17, 15) is 0 Å². The average molecular weight is 194 g/mol. The van der Waals surface area contributed by atoms with E-state index in [2.05, 4.69) is 18.4 Å². The van der Waals surface area contributed by atoms with E-state index in [0.717, 1.165) is 11.2 Å². The van der Waals surface area contributed by atoms with Crippen LogP contribution in [-0.4, -0.2) is 0 Å². The lowest BCUT2D eigenvalue weighted by Crippen LogP contribution is -1.49. The number of hydrogen-bond acceptors (Lipinski definition) is 3. The Morgan fingerprint density at radius 2 is 2.17 bits per heavy atom. The summed E-state index contributed by atoms with van der Waals surface area (Å²) in [4.78, 5) is 1.32. The Labute approximate surface area is 77.2 Å². The summed E-state index contributed by atoms with van der Waals surface area (Å²) in [5.74, 6) is 0. The van der Waals surface area contributed by atoms with E-state index in [0.29, 0.717) is 0 Å². The highest BCUT2D eigenvalue weighted by atomic mass is 32.1. The van der Waals surface area contributed by atoms with Crippen LogP contribution in [0.5, 0.6) is 0 Å². The standard InChI is InChI=1S/C9H6OS2/c1-5-4-7-9(12-5)8-6(10-7)2-3-11-8/h2-4H,1H3. The minimum Gasteiger partial charge on any atom is -0.454 e. The Morgan fingerprint density at radius 3 is 3.08 bits per heavy atom. The molecule has 60 valence electrons. The number of fused-ring (bicyclic) bond motifs is 3. The molecule has 1 nitrogen and oxygen atoms in total. The van der Waals surface area contributed by atoms with Gasteiger partial charge in [-0.1, -0.05) is 0 Å². The maximum atomic E-state index is 5.63. The van der Waals surface area contributed by atoms with E-state index in [4.69, 9.17) is 4.42 Å². The summed E-state index contributed by atoms with van der Waals surface area (Å²) in [5, 5.41) is 2.07. The van der Waals surface area contributed by atoms with Crippen LogP contribution < -0.4 is 0 Å². The first-order valence-electron chi connectivity index (χ1n) is 3.71. The summed E-state index contributed by atoms with van der Waals surface area (Å²) < 4.78 is 8.23. The molecule has 0 aliphatic heterocycles. The normalized spacial score (nSPS) is 11.8. The van der Waals surface area contributed by atoms with Crippen LogP contribution in [0.1, 0.15) is 4.88 Å². The second kappa shape index (κ2) is 2.12. The maximum Gasteiger partial charge on any atom is 0.147 e. The Hall–Kier alpha value is -0.800. The summed E-state index contributed by atoms with van der Waals surface area (Å²) in [7, 11) is 0. The molecular formula is C9H6OS2. The van der Waals surface area contributed by atoms with E-state index >= 15 is 0 Å². The van der Waals surface area contributed by atoms with Crippen LogP contribution in [0.25, 0.3) is 20.6 Å². The number of aryl methyl sites for hydroxylation is 1. The van der Waals surface area contributed by atoms with Crippen molar-refractivity contribution < 1.29 is 4.42 Å². The predicted octanol–water partition coefficient (Wildman–Crippen LogP) is 4.02. The summed E-state index contributed by atoms with van der Waals surface area (Å²) in [6.45, 7) is 2.11. The van der Waals surface area contributed by atoms with Gasteiger partial charge in [0.1, 0.15) is 11.2 Å². The van der Waals surface area contributed by atoms with Gasteiger partial charge in [-0.25, -0.2) is 0 Å². The molecule has 0 saturated heterocycles. The smallest absolute Gasteiger partial charge is 0.147 e. The average Bonchev–Trinajstić information content (AvgIpc) is 2.59. The van der Waals surface area contributed by atoms with Gasteiger partial charge in [0, 0.05) is 4.88 Å². The van der Waals surface area contributed by atoms with Gasteiger partial charge in [-0.3, -0.25) is 0 Å². The second-order valence-corrected chi connectivity index (χ2v) is 4.94. The van der Waals surface area contributed by atoms with E-state index in [1.54, 1.807) is 11.3 Å². The molecule has 0 saturated carbocycles. The third-order valence-corrected chi connectivity index (χ3v) is 3.97. The van der Waals surface area contributed by atoms with Gasteiger partial charge in [-0.15, -0.1) is 22.7 Å². The molecule has 0 aromatic carbocycles. The molecule has 0 unspecified atom stereocenters. The predicted molar refractivity (Wildman–Crippen MR) is 54.2 cm³/mol. The van der Waals surface area contributed by atoms with Crippen molar-refractivity contribution in [1.82, 2.24) is 0 Å². The molecule has 0 bridgehead atoms. The van der Waals surface area contributed by atoms with Crippen molar-refractivity contribution in [2.45, 2.75) is 6.92 Å². The zero-order valence-electron chi connectivity index (χ0n) is 6.46. The number of rotatable bonds is 0. The fourth-order valence-electron chi connectivity index (χ4n) is 1.39. The minimum absolute atomic E-state index is 1.03. The van der Waals surface area contributed by atoms with Gasteiger partial charge in [0.15, 0.2) is 0 Å². The van der Waals surface area contributed by atoms with Crippen molar-refractivity contribution in [1.29, 1.82) is 0 Å². The van der Waals surface area contributed by atoms with Crippen molar-refractivity contribution in [2.24, 2.45) is 0 Å². The van der Waals surface area contributed by atoms with Crippen LogP contribution in [0.4, 0.5) is 0 Å². The van der Waals surface area contributed by atoms with Crippen molar-refractivity contribution in [3.8, 4) is 0 Å². The fourth-order valence-corrected chi connectivity index (χ4v) is 3.30. The van der Waals surface area contributed by atoms with Crippen molar-refractivity contribution in [3.05, 3.63) is 22.4 Å². The SMILES string of the molecule is Cc1cc2oc3ccsc3c2s1. The van der Waals surface area contributed by atoms with E-state index in [-0.39, 0.29) is 0 Å².